The lowest BCUT2D eigenvalue weighted by Crippen LogP contribution is -2.55. The molecule has 1 heterocycles. The number of carbonyl (C=O) groups excluding carboxylic acids is 1. The molecule has 0 bridgehead atoms. The second kappa shape index (κ2) is 4.85. The number of ether oxygens (including phenoxy) is 1. The van der Waals surface area contributed by atoms with Gasteiger partial charge in [0.2, 0.25) is 6.17 Å². The van der Waals surface area contributed by atoms with Gasteiger partial charge in [-0.05, 0) is 0 Å². The Morgan fingerprint density at radius 1 is 1.47 bits per heavy atom. The number of nitrogens with zero attached hydrogens (tertiary/aromatic N) is 1. The number of hydrogen-bond acceptors (Lipinski definition) is 3. The minimum atomic E-state index is -0.250. The summed E-state index contributed by atoms with van der Waals surface area (Å²) in [4.78, 5) is 11.7. The van der Waals surface area contributed by atoms with Crippen molar-refractivity contribution in [3.05, 3.63) is 35.9 Å². The summed E-state index contributed by atoms with van der Waals surface area (Å²) in [6, 6.07) is 10.2. The highest BCUT2D eigenvalue weighted by Gasteiger charge is 2.43. The Balaban J connectivity index is 2.15. The average molecular weight is 235 g/mol. The van der Waals surface area contributed by atoms with Crippen molar-refractivity contribution in [1.29, 1.82) is 0 Å². The molecule has 0 spiro atoms. The molecule has 1 aliphatic heterocycles. The summed E-state index contributed by atoms with van der Waals surface area (Å²) in [5, 5.41) is 3.22. The molecule has 2 atom stereocenters. The Hall–Kier alpha value is -1.39. The zero-order valence-electron chi connectivity index (χ0n) is 10.3. The van der Waals surface area contributed by atoms with Crippen LogP contribution < -0.4 is 5.32 Å². The van der Waals surface area contributed by atoms with Gasteiger partial charge in [0, 0.05) is 5.56 Å². The molecule has 1 saturated heterocycles. The SMILES string of the molecule is COC(=O)C1NCC[N+]1(C)Cc1ccccc1. The Labute approximate surface area is 102 Å². The lowest BCUT2D eigenvalue weighted by atomic mass is 10.2. The van der Waals surface area contributed by atoms with Crippen LogP contribution in [0.2, 0.25) is 0 Å². The first-order chi connectivity index (χ1) is 8.15. The van der Waals surface area contributed by atoms with Gasteiger partial charge in [-0.1, -0.05) is 30.3 Å². The Morgan fingerprint density at radius 3 is 2.82 bits per heavy atom. The number of benzene rings is 1. The first kappa shape index (κ1) is 12.1. The Bertz CT molecular complexity index is 394. The summed E-state index contributed by atoms with van der Waals surface area (Å²) in [6.07, 6.45) is -0.250. The fourth-order valence-corrected chi connectivity index (χ4v) is 2.43. The third-order valence-corrected chi connectivity index (χ3v) is 3.39. The summed E-state index contributed by atoms with van der Waals surface area (Å²) < 4.78 is 5.51. The van der Waals surface area contributed by atoms with Crippen LogP contribution >= 0.6 is 0 Å². The van der Waals surface area contributed by atoms with Crippen molar-refractivity contribution in [2.45, 2.75) is 12.7 Å². The van der Waals surface area contributed by atoms with Crippen LogP contribution in [0.5, 0.6) is 0 Å². The maximum absolute atomic E-state index is 11.7. The van der Waals surface area contributed by atoms with Gasteiger partial charge in [0.05, 0.1) is 27.2 Å². The van der Waals surface area contributed by atoms with Crippen LogP contribution in [0.25, 0.3) is 0 Å². The highest BCUT2D eigenvalue weighted by Crippen LogP contribution is 2.19. The van der Waals surface area contributed by atoms with Gasteiger partial charge in [-0.2, -0.15) is 0 Å². The van der Waals surface area contributed by atoms with Gasteiger partial charge in [0.25, 0.3) is 0 Å². The van der Waals surface area contributed by atoms with Crippen LogP contribution in [0.1, 0.15) is 5.56 Å². The lowest BCUT2D eigenvalue weighted by Gasteiger charge is -2.33. The summed E-state index contributed by atoms with van der Waals surface area (Å²) in [5.41, 5.74) is 1.24. The van der Waals surface area contributed by atoms with E-state index in [0.29, 0.717) is 4.48 Å². The van der Waals surface area contributed by atoms with Crippen molar-refractivity contribution < 1.29 is 14.0 Å². The molecule has 1 aromatic rings. The van der Waals surface area contributed by atoms with Gasteiger partial charge in [-0.3, -0.25) is 9.80 Å². The fraction of sp³-hybridized carbons (Fsp3) is 0.462. The molecule has 0 aromatic heterocycles. The number of likely N-dealkylation sites (N-methyl/N-ethyl adjacent to an activating group) is 1. The second-order valence-corrected chi connectivity index (χ2v) is 4.73. The maximum atomic E-state index is 11.7. The molecular formula is C13H19N2O2+. The van der Waals surface area contributed by atoms with Crippen LogP contribution in [0.3, 0.4) is 0 Å². The average Bonchev–Trinajstić information content (AvgIpc) is 2.71. The molecule has 0 radical (unpaired) electrons. The van der Waals surface area contributed by atoms with Crippen molar-refractivity contribution in [2.24, 2.45) is 0 Å². The van der Waals surface area contributed by atoms with Crippen molar-refractivity contribution in [1.82, 2.24) is 5.32 Å². The van der Waals surface area contributed by atoms with Crippen molar-refractivity contribution in [3.63, 3.8) is 0 Å². The molecule has 0 aliphatic carbocycles. The summed E-state index contributed by atoms with van der Waals surface area (Å²) in [7, 11) is 3.53. The lowest BCUT2D eigenvalue weighted by molar-refractivity contribution is -0.926. The summed E-state index contributed by atoms with van der Waals surface area (Å²) >= 11 is 0. The molecule has 1 fully saturated rings. The minimum absolute atomic E-state index is 0.180. The number of esters is 1. The number of nitrogens with one attached hydrogen (secondary N) is 1. The normalized spacial score (nSPS) is 28.0. The van der Waals surface area contributed by atoms with Crippen molar-refractivity contribution in [2.75, 3.05) is 27.2 Å². The monoisotopic (exact) mass is 235 g/mol. The minimum Gasteiger partial charge on any atom is -0.464 e. The van der Waals surface area contributed by atoms with E-state index in [2.05, 4.69) is 24.5 Å². The van der Waals surface area contributed by atoms with E-state index in [1.54, 1.807) is 0 Å². The van der Waals surface area contributed by atoms with Gasteiger partial charge < -0.3 is 4.74 Å². The molecular weight excluding hydrogens is 216 g/mol. The molecule has 1 aliphatic rings. The Kier molecular flexibility index (Phi) is 3.45. The third-order valence-electron chi connectivity index (χ3n) is 3.39. The van der Waals surface area contributed by atoms with Crippen LogP contribution in [0, 0.1) is 0 Å². The van der Waals surface area contributed by atoms with Gasteiger partial charge in [-0.15, -0.1) is 0 Å². The van der Waals surface area contributed by atoms with Gasteiger partial charge in [-0.25, -0.2) is 4.79 Å². The van der Waals surface area contributed by atoms with Crippen LogP contribution in [0.15, 0.2) is 30.3 Å². The van der Waals surface area contributed by atoms with Gasteiger partial charge in [0.15, 0.2) is 0 Å². The summed E-state index contributed by atoms with van der Waals surface area (Å²) in [6.45, 7) is 2.63. The predicted octanol–water partition coefficient (Wildman–Crippen LogP) is 0.736. The van der Waals surface area contributed by atoms with E-state index in [9.17, 15) is 4.79 Å². The van der Waals surface area contributed by atoms with E-state index in [0.717, 1.165) is 19.6 Å². The van der Waals surface area contributed by atoms with E-state index in [-0.39, 0.29) is 12.1 Å². The standard InChI is InChI=1S/C13H19N2O2/c1-15(10-11-6-4-3-5-7-11)9-8-14-12(15)13(16)17-2/h3-7,12,14H,8-10H2,1-2H3/q+1. The van der Waals surface area contributed by atoms with Crippen molar-refractivity contribution in [3.8, 4) is 0 Å². The number of carbonyl (C=O) groups is 1. The summed E-state index contributed by atoms with van der Waals surface area (Å²) in [5.74, 6) is -0.180. The highest BCUT2D eigenvalue weighted by atomic mass is 16.5. The third kappa shape index (κ3) is 2.48. The number of rotatable bonds is 3. The molecule has 4 nitrogen and oxygen atoms in total. The Morgan fingerprint density at radius 2 is 2.18 bits per heavy atom. The van der Waals surface area contributed by atoms with E-state index in [1.165, 1.54) is 12.7 Å². The van der Waals surface area contributed by atoms with E-state index in [4.69, 9.17) is 4.74 Å². The number of methoxy groups -OCH3 is 1. The predicted molar refractivity (Wildman–Crippen MR) is 65.0 cm³/mol. The van der Waals surface area contributed by atoms with Gasteiger partial charge >= 0.3 is 5.97 Å². The molecule has 4 heteroatoms. The molecule has 1 N–H and O–H groups in total. The topological polar surface area (TPSA) is 38.3 Å². The first-order valence-electron chi connectivity index (χ1n) is 5.85. The first-order valence-corrected chi connectivity index (χ1v) is 5.85. The molecule has 92 valence electrons. The zero-order valence-corrected chi connectivity index (χ0v) is 10.3. The molecule has 0 saturated carbocycles. The smallest absolute Gasteiger partial charge is 0.381 e. The highest BCUT2D eigenvalue weighted by molar-refractivity contribution is 5.74. The van der Waals surface area contributed by atoms with Crippen LogP contribution in [0.4, 0.5) is 0 Å². The molecule has 1 aromatic carbocycles. The second-order valence-electron chi connectivity index (χ2n) is 4.73. The zero-order chi connectivity index (χ0) is 12.3. The quantitative estimate of drug-likeness (QED) is 0.620. The molecule has 2 unspecified atom stereocenters. The van der Waals surface area contributed by atoms with Crippen LogP contribution in [-0.2, 0) is 16.1 Å². The van der Waals surface area contributed by atoms with Gasteiger partial charge in [0.1, 0.15) is 6.54 Å². The van der Waals surface area contributed by atoms with E-state index < -0.39 is 0 Å². The van der Waals surface area contributed by atoms with Crippen molar-refractivity contribution >= 4 is 5.97 Å². The largest absolute Gasteiger partial charge is 0.464 e. The maximum Gasteiger partial charge on any atom is 0.381 e. The molecule has 0 amide bonds. The van der Waals surface area contributed by atoms with E-state index >= 15 is 0 Å². The van der Waals surface area contributed by atoms with E-state index in [1.807, 2.05) is 18.2 Å². The fourth-order valence-electron chi connectivity index (χ4n) is 2.43. The number of hydrogen-bond donors (Lipinski definition) is 1. The number of quaternary nitrogens is 1. The molecule has 2 rings (SSSR count). The molecule has 17 heavy (non-hydrogen) atoms. The van der Waals surface area contributed by atoms with Crippen LogP contribution in [-0.4, -0.2) is 43.9 Å².